The molecule has 0 aliphatic rings. The normalized spacial score (nSPS) is 11.4. The number of hydrogen-bond donors (Lipinski definition) is 0. The van der Waals surface area contributed by atoms with Crippen molar-refractivity contribution < 1.29 is 0 Å². The van der Waals surface area contributed by atoms with E-state index in [0.29, 0.717) is 0 Å². The fourth-order valence-corrected chi connectivity index (χ4v) is 6.80. The van der Waals surface area contributed by atoms with Gasteiger partial charge in [-0.05, 0) is 58.7 Å². The molecule has 2 aromatic heterocycles. The summed E-state index contributed by atoms with van der Waals surface area (Å²) in [5, 5.41) is 3.49. The maximum absolute atomic E-state index is 5.20. The van der Waals surface area contributed by atoms with Gasteiger partial charge >= 0.3 is 0 Å². The molecule has 0 bridgehead atoms. The molecule has 0 fully saturated rings. The number of benzene rings is 7. The number of hydrogen-bond acceptors (Lipinski definition) is 2. The minimum atomic E-state index is 0.728. The Morgan fingerprint density at radius 3 is 1.72 bits per heavy atom. The van der Waals surface area contributed by atoms with Gasteiger partial charge in [0.2, 0.25) is 0 Å². The molecule has 3 heteroatoms. The molecule has 0 aliphatic carbocycles. The van der Waals surface area contributed by atoms with E-state index in [1.54, 1.807) is 0 Å². The van der Waals surface area contributed by atoms with Crippen LogP contribution < -0.4 is 0 Å². The van der Waals surface area contributed by atoms with Crippen molar-refractivity contribution >= 4 is 32.7 Å². The Balaban J connectivity index is 1.24. The van der Waals surface area contributed by atoms with E-state index < -0.39 is 0 Å². The third-order valence-electron chi connectivity index (χ3n) is 9.02. The third-order valence-corrected chi connectivity index (χ3v) is 9.02. The molecule has 9 rings (SSSR count). The van der Waals surface area contributed by atoms with Crippen LogP contribution in [-0.2, 0) is 0 Å². The molecule has 2 heterocycles. The largest absolute Gasteiger partial charge is 0.309 e. The van der Waals surface area contributed by atoms with E-state index in [0.717, 1.165) is 50.4 Å². The van der Waals surface area contributed by atoms with Gasteiger partial charge in [-0.15, -0.1) is 0 Å². The summed E-state index contributed by atoms with van der Waals surface area (Å²) in [7, 11) is 0. The van der Waals surface area contributed by atoms with Crippen LogP contribution in [0.15, 0.2) is 176 Å². The van der Waals surface area contributed by atoms with Gasteiger partial charge in [-0.2, -0.15) is 0 Å². The monoisotopic (exact) mass is 599 g/mol. The van der Waals surface area contributed by atoms with Crippen molar-refractivity contribution in [1.29, 1.82) is 0 Å². The first-order chi connectivity index (χ1) is 23.3. The van der Waals surface area contributed by atoms with Gasteiger partial charge in [-0.25, -0.2) is 9.97 Å². The van der Waals surface area contributed by atoms with Crippen LogP contribution in [-0.4, -0.2) is 14.5 Å². The number of fused-ring (bicyclic) bond motifs is 4. The van der Waals surface area contributed by atoms with Gasteiger partial charge in [0.25, 0.3) is 0 Å². The smallest absolute Gasteiger partial charge is 0.160 e. The number of rotatable bonds is 5. The summed E-state index contributed by atoms with van der Waals surface area (Å²) in [4.78, 5) is 10.3. The minimum absolute atomic E-state index is 0.728. The van der Waals surface area contributed by atoms with Crippen molar-refractivity contribution in [2.75, 3.05) is 0 Å². The van der Waals surface area contributed by atoms with Gasteiger partial charge < -0.3 is 4.57 Å². The highest BCUT2D eigenvalue weighted by molar-refractivity contribution is 6.12. The van der Waals surface area contributed by atoms with E-state index >= 15 is 0 Å². The van der Waals surface area contributed by atoms with Gasteiger partial charge in [0.15, 0.2) is 5.82 Å². The molecule has 0 unspecified atom stereocenters. The van der Waals surface area contributed by atoms with E-state index in [1.807, 2.05) is 24.3 Å². The van der Waals surface area contributed by atoms with Gasteiger partial charge in [0.05, 0.1) is 22.2 Å². The Kier molecular flexibility index (Phi) is 6.46. The highest BCUT2D eigenvalue weighted by Gasteiger charge is 2.18. The molecule has 0 saturated heterocycles. The van der Waals surface area contributed by atoms with E-state index in [2.05, 4.69) is 156 Å². The maximum atomic E-state index is 5.20. The van der Waals surface area contributed by atoms with Crippen LogP contribution in [0.3, 0.4) is 0 Å². The molecule has 0 radical (unpaired) electrons. The first-order valence-corrected chi connectivity index (χ1v) is 15.9. The fourth-order valence-electron chi connectivity index (χ4n) is 6.80. The summed E-state index contributed by atoms with van der Waals surface area (Å²) in [6.45, 7) is 0. The van der Waals surface area contributed by atoms with Gasteiger partial charge in [0, 0.05) is 33.0 Å². The molecule has 0 N–H and O–H groups in total. The first kappa shape index (κ1) is 27.0. The Labute approximate surface area is 273 Å². The summed E-state index contributed by atoms with van der Waals surface area (Å²) >= 11 is 0. The number of nitrogens with zero attached hydrogens (tertiary/aromatic N) is 3. The third kappa shape index (κ3) is 4.68. The lowest BCUT2D eigenvalue weighted by Crippen LogP contribution is -1.97. The average Bonchev–Trinajstić information content (AvgIpc) is 3.49. The van der Waals surface area contributed by atoms with Crippen molar-refractivity contribution in [3.05, 3.63) is 176 Å². The summed E-state index contributed by atoms with van der Waals surface area (Å²) < 4.78 is 2.37. The molecule has 0 saturated carbocycles. The topological polar surface area (TPSA) is 30.7 Å². The lowest BCUT2D eigenvalue weighted by atomic mass is 9.95. The molecular weight excluding hydrogens is 571 g/mol. The zero-order valence-electron chi connectivity index (χ0n) is 25.6. The van der Waals surface area contributed by atoms with Crippen LogP contribution in [0.25, 0.3) is 83.3 Å². The molecule has 47 heavy (non-hydrogen) atoms. The summed E-state index contributed by atoms with van der Waals surface area (Å²) in [6, 6.07) is 62.0. The van der Waals surface area contributed by atoms with E-state index in [4.69, 9.17) is 9.97 Å². The molecule has 0 aliphatic heterocycles. The second-order valence-corrected chi connectivity index (χ2v) is 11.8. The first-order valence-electron chi connectivity index (χ1n) is 15.9. The minimum Gasteiger partial charge on any atom is -0.309 e. The average molecular weight is 600 g/mol. The second kappa shape index (κ2) is 11.2. The second-order valence-electron chi connectivity index (χ2n) is 11.8. The van der Waals surface area contributed by atoms with Gasteiger partial charge in [-0.1, -0.05) is 140 Å². The van der Waals surface area contributed by atoms with Gasteiger partial charge in [-0.3, -0.25) is 0 Å². The van der Waals surface area contributed by atoms with Crippen molar-refractivity contribution in [2.45, 2.75) is 0 Å². The van der Waals surface area contributed by atoms with Crippen molar-refractivity contribution in [2.24, 2.45) is 0 Å². The van der Waals surface area contributed by atoms with E-state index in [9.17, 15) is 0 Å². The number of para-hydroxylation sites is 1. The lowest BCUT2D eigenvalue weighted by Gasteiger charge is -2.14. The molecule has 7 aromatic carbocycles. The van der Waals surface area contributed by atoms with Crippen molar-refractivity contribution in [3.63, 3.8) is 0 Å². The molecule has 0 amide bonds. The van der Waals surface area contributed by atoms with Crippen LogP contribution in [0.1, 0.15) is 0 Å². The Bertz CT molecular complexity index is 2530. The van der Waals surface area contributed by atoms with Crippen LogP contribution in [0, 0.1) is 0 Å². The van der Waals surface area contributed by atoms with Crippen LogP contribution in [0.2, 0.25) is 0 Å². The highest BCUT2D eigenvalue weighted by Crippen LogP contribution is 2.40. The molecule has 220 valence electrons. The molecular formula is C44H29N3. The predicted molar refractivity (Wildman–Crippen MR) is 196 cm³/mol. The zero-order chi connectivity index (χ0) is 31.2. The van der Waals surface area contributed by atoms with E-state index in [1.165, 1.54) is 32.9 Å². The van der Waals surface area contributed by atoms with Crippen molar-refractivity contribution in [1.82, 2.24) is 14.5 Å². The van der Waals surface area contributed by atoms with Gasteiger partial charge in [0.1, 0.15) is 0 Å². The quantitative estimate of drug-likeness (QED) is 0.197. The Morgan fingerprint density at radius 2 is 0.979 bits per heavy atom. The summed E-state index contributed by atoms with van der Waals surface area (Å²) in [5.74, 6) is 0.728. The van der Waals surface area contributed by atoms with Crippen LogP contribution in [0.5, 0.6) is 0 Å². The molecule has 3 nitrogen and oxygen atoms in total. The lowest BCUT2D eigenvalue weighted by molar-refractivity contribution is 1.18. The number of aromatic nitrogens is 3. The van der Waals surface area contributed by atoms with E-state index in [-0.39, 0.29) is 0 Å². The van der Waals surface area contributed by atoms with Crippen molar-refractivity contribution in [3.8, 4) is 50.6 Å². The Morgan fingerprint density at radius 1 is 0.383 bits per heavy atom. The molecule has 0 atom stereocenters. The van der Waals surface area contributed by atoms with Crippen LogP contribution in [0.4, 0.5) is 0 Å². The SMILES string of the molecule is c1ccc(-c2ccc(-n3c4ccccc4c4cc(-c5cccc6nc(-c7ccccc7)nc(-c7ccccc7)c56)ccc43)cc2)cc1. The van der Waals surface area contributed by atoms with Crippen LogP contribution >= 0.6 is 0 Å². The molecule has 9 aromatic rings. The summed E-state index contributed by atoms with van der Waals surface area (Å²) in [5.41, 5.74) is 12.1. The standard InChI is InChI=1S/C44H29N3/c1-4-13-30(14-5-1)31-23-26-35(27-24-31)47-40-22-11-10-19-37(40)38-29-34(25-28-41(38)47)36-20-12-21-39-42(36)43(32-15-6-2-7-16-32)46-44(45-39)33-17-8-3-9-18-33/h1-29H. The maximum Gasteiger partial charge on any atom is 0.160 e. The highest BCUT2D eigenvalue weighted by atomic mass is 15.0. The Hall–Kier alpha value is -6.32. The predicted octanol–water partition coefficient (Wildman–Crippen LogP) is 11.4. The zero-order valence-corrected chi connectivity index (χ0v) is 25.6. The summed E-state index contributed by atoms with van der Waals surface area (Å²) in [6.07, 6.45) is 0. The molecule has 0 spiro atoms. The fraction of sp³-hybridized carbons (Fsp3) is 0.